The zero-order chi connectivity index (χ0) is 21.1. The summed E-state index contributed by atoms with van der Waals surface area (Å²) in [7, 11) is 3.26. The van der Waals surface area contributed by atoms with Crippen LogP contribution in [-0.2, 0) is 11.3 Å². The quantitative estimate of drug-likeness (QED) is 0.425. The van der Waals surface area contributed by atoms with E-state index in [1.165, 1.54) is 38.9 Å². The monoisotopic (exact) mass is 413 g/mol. The molecule has 0 radical (unpaired) electrons. The van der Waals surface area contributed by atoms with Crippen molar-refractivity contribution in [3.05, 3.63) is 23.8 Å². The molecule has 0 aromatic heterocycles. The van der Waals surface area contributed by atoms with Crippen molar-refractivity contribution in [2.45, 2.75) is 52.2 Å². The number of ether oxygens (including phenoxy) is 3. The molecule has 1 aliphatic carbocycles. The van der Waals surface area contributed by atoms with Gasteiger partial charge in [0.25, 0.3) is 0 Å². The molecule has 6 nitrogen and oxygen atoms in total. The number of alkyl halides is 2. The summed E-state index contributed by atoms with van der Waals surface area (Å²) in [5, 5.41) is 6.66. The second-order valence-electron chi connectivity index (χ2n) is 7.35. The van der Waals surface area contributed by atoms with E-state index in [1.807, 2.05) is 6.92 Å². The first-order valence-electron chi connectivity index (χ1n) is 10.1. The standard InChI is InChI=1S/C21H33F2N3O3/c1-4-24-20(26-15-21(11-12-27-2)9-5-6-10-21)25-14-16-13-17(28-3)7-8-18(16)29-19(22)23/h7-8,13,19H,4-6,9-12,14-15H2,1-3H3,(H2,24,25,26). The Kier molecular flexibility index (Phi) is 9.44. The molecule has 1 saturated carbocycles. The first-order valence-corrected chi connectivity index (χ1v) is 10.1. The fraction of sp³-hybridized carbons (Fsp3) is 0.667. The Hall–Kier alpha value is -2.09. The third-order valence-electron chi connectivity index (χ3n) is 5.37. The normalized spacial score (nSPS) is 16.1. The predicted molar refractivity (Wildman–Crippen MR) is 110 cm³/mol. The van der Waals surface area contributed by atoms with Gasteiger partial charge in [0.05, 0.1) is 13.7 Å². The van der Waals surface area contributed by atoms with Gasteiger partial charge >= 0.3 is 6.61 Å². The second kappa shape index (κ2) is 11.8. The summed E-state index contributed by atoms with van der Waals surface area (Å²) < 4.78 is 40.6. The van der Waals surface area contributed by atoms with Crippen molar-refractivity contribution in [3.63, 3.8) is 0 Å². The Morgan fingerprint density at radius 2 is 1.97 bits per heavy atom. The van der Waals surface area contributed by atoms with E-state index in [1.54, 1.807) is 19.2 Å². The smallest absolute Gasteiger partial charge is 0.387 e. The predicted octanol–water partition coefficient (Wildman–Crippen LogP) is 3.95. The summed E-state index contributed by atoms with van der Waals surface area (Å²) in [5.74, 6) is 1.33. The van der Waals surface area contributed by atoms with Crippen LogP contribution in [0.2, 0.25) is 0 Å². The van der Waals surface area contributed by atoms with Crippen molar-refractivity contribution in [2.75, 3.05) is 33.9 Å². The van der Waals surface area contributed by atoms with Crippen LogP contribution in [0.1, 0.15) is 44.6 Å². The summed E-state index contributed by atoms with van der Waals surface area (Å²) in [5.41, 5.74) is 0.753. The maximum atomic E-state index is 12.7. The number of nitrogens with one attached hydrogen (secondary N) is 2. The molecule has 0 heterocycles. The molecule has 1 aromatic carbocycles. The van der Waals surface area contributed by atoms with Crippen molar-refractivity contribution < 1.29 is 23.0 Å². The highest BCUT2D eigenvalue weighted by Gasteiger charge is 2.33. The summed E-state index contributed by atoms with van der Waals surface area (Å²) in [6.07, 6.45) is 5.82. The van der Waals surface area contributed by atoms with Crippen LogP contribution in [0.5, 0.6) is 11.5 Å². The molecular weight excluding hydrogens is 380 g/mol. The number of guanidine groups is 1. The Labute approximate surface area is 172 Å². The van der Waals surface area contributed by atoms with E-state index < -0.39 is 6.61 Å². The molecule has 0 unspecified atom stereocenters. The lowest BCUT2D eigenvalue weighted by atomic mass is 9.83. The van der Waals surface area contributed by atoms with Gasteiger partial charge in [0, 0.05) is 32.4 Å². The third-order valence-corrected chi connectivity index (χ3v) is 5.37. The Bertz CT molecular complexity index is 650. The molecular formula is C21H33F2N3O3. The van der Waals surface area contributed by atoms with Gasteiger partial charge < -0.3 is 24.8 Å². The molecule has 164 valence electrons. The van der Waals surface area contributed by atoms with E-state index in [0.29, 0.717) is 23.8 Å². The van der Waals surface area contributed by atoms with Crippen LogP contribution in [0.4, 0.5) is 8.78 Å². The van der Waals surface area contributed by atoms with E-state index in [9.17, 15) is 8.78 Å². The van der Waals surface area contributed by atoms with Crippen LogP contribution in [0.15, 0.2) is 23.2 Å². The SMILES string of the molecule is CCNC(=NCc1cc(OC)ccc1OC(F)F)NCC1(CCOC)CCCC1. The minimum Gasteiger partial charge on any atom is -0.497 e. The van der Waals surface area contributed by atoms with E-state index in [-0.39, 0.29) is 17.7 Å². The largest absolute Gasteiger partial charge is 0.497 e. The van der Waals surface area contributed by atoms with E-state index >= 15 is 0 Å². The average Bonchev–Trinajstić information content (AvgIpc) is 3.18. The number of hydrogen-bond donors (Lipinski definition) is 2. The van der Waals surface area contributed by atoms with Gasteiger partial charge in [0.1, 0.15) is 11.5 Å². The summed E-state index contributed by atoms with van der Waals surface area (Å²) in [4.78, 5) is 4.58. The average molecular weight is 414 g/mol. The van der Waals surface area contributed by atoms with Gasteiger partial charge in [0.15, 0.2) is 5.96 Å². The molecule has 0 aliphatic heterocycles. The Morgan fingerprint density at radius 1 is 1.21 bits per heavy atom. The van der Waals surface area contributed by atoms with E-state index in [4.69, 9.17) is 9.47 Å². The molecule has 0 spiro atoms. The fourth-order valence-corrected chi connectivity index (χ4v) is 3.75. The number of rotatable bonds is 11. The van der Waals surface area contributed by atoms with Gasteiger partial charge in [-0.2, -0.15) is 8.78 Å². The van der Waals surface area contributed by atoms with Crippen LogP contribution < -0.4 is 20.1 Å². The zero-order valence-corrected chi connectivity index (χ0v) is 17.6. The van der Waals surface area contributed by atoms with E-state index in [2.05, 4.69) is 20.4 Å². The van der Waals surface area contributed by atoms with Crippen molar-refractivity contribution in [2.24, 2.45) is 10.4 Å². The molecule has 0 saturated heterocycles. The fourth-order valence-electron chi connectivity index (χ4n) is 3.75. The maximum absolute atomic E-state index is 12.7. The van der Waals surface area contributed by atoms with Gasteiger partial charge in [-0.15, -0.1) is 0 Å². The lowest BCUT2D eigenvalue weighted by Gasteiger charge is -2.30. The highest BCUT2D eigenvalue weighted by molar-refractivity contribution is 5.79. The van der Waals surface area contributed by atoms with Crippen molar-refractivity contribution in [1.29, 1.82) is 0 Å². The maximum Gasteiger partial charge on any atom is 0.387 e. The van der Waals surface area contributed by atoms with Gasteiger partial charge in [-0.05, 0) is 49.8 Å². The zero-order valence-electron chi connectivity index (χ0n) is 17.6. The third kappa shape index (κ3) is 7.34. The van der Waals surface area contributed by atoms with E-state index in [0.717, 1.165) is 19.6 Å². The van der Waals surface area contributed by atoms with Crippen LogP contribution in [-0.4, -0.2) is 46.5 Å². The van der Waals surface area contributed by atoms with Gasteiger partial charge in [0.2, 0.25) is 0 Å². The molecule has 1 aliphatic rings. The lowest BCUT2D eigenvalue weighted by Crippen LogP contribution is -2.43. The summed E-state index contributed by atoms with van der Waals surface area (Å²) in [6, 6.07) is 4.74. The van der Waals surface area contributed by atoms with Crippen LogP contribution in [0, 0.1) is 5.41 Å². The molecule has 1 fully saturated rings. The number of benzene rings is 1. The number of halogens is 2. The van der Waals surface area contributed by atoms with Crippen molar-refractivity contribution in [3.8, 4) is 11.5 Å². The second-order valence-corrected chi connectivity index (χ2v) is 7.35. The van der Waals surface area contributed by atoms with Crippen LogP contribution >= 0.6 is 0 Å². The molecule has 0 atom stereocenters. The van der Waals surface area contributed by atoms with Crippen molar-refractivity contribution in [1.82, 2.24) is 10.6 Å². The highest BCUT2D eigenvalue weighted by Crippen LogP contribution is 2.40. The minimum absolute atomic E-state index is 0.104. The first-order chi connectivity index (χ1) is 14.0. The summed E-state index contributed by atoms with van der Waals surface area (Å²) >= 11 is 0. The molecule has 0 amide bonds. The minimum atomic E-state index is -2.89. The number of aliphatic imine (C=N–C) groups is 1. The van der Waals surface area contributed by atoms with Gasteiger partial charge in [-0.25, -0.2) is 4.99 Å². The first kappa shape index (κ1) is 23.2. The molecule has 0 bridgehead atoms. The Balaban J connectivity index is 2.10. The van der Waals surface area contributed by atoms with Crippen LogP contribution in [0.3, 0.4) is 0 Å². The molecule has 1 aromatic rings. The topological polar surface area (TPSA) is 64.1 Å². The highest BCUT2D eigenvalue weighted by atomic mass is 19.3. The van der Waals surface area contributed by atoms with Crippen molar-refractivity contribution >= 4 is 5.96 Å². The van der Waals surface area contributed by atoms with Gasteiger partial charge in [-0.1, -0.05) is 12.8 Å². The molecule has 2 N–H and O–H groups in total. The number of hydrogen-bond acceptors (Lipinski definition) is 4. The summed E-state index contributed by atoms with van der Waals surface area (Å²) in [6.45, 7) is 1.55. The number of methoxy groups -OCH3 is 2. The van der Waals surface area contributed by atoms with Crippen LogP contribution in [0.25, 0.3) is 0 Å². The van der Waals surface area contributed by atoms with Gasteiger partial charge in [-0.3, -0.25) is 0 Å². The molecule has 8 heteroatoms. The Morgan fingerprint density at radius 3 is 2.59 bits per heavy atom. The lowest BCUT2D eigenvalue weighted by molar-refractivity contribution is -0.0504. The molecule has 29 heavy (non-hydrogen) atoms. The molecule has 2 rings (SSSR count). The number of nitrogens with zero attached hydrogens (tertiary/aromatic N) is 1.